The van der Waals surface area contributed by atoms with Crippen LogP contribution in [0, 0.1) is 0 Å². The normalized spacial score (nSPS) is 34.9. The van der Waals surface area contributed by atoms with Crippen LogP contribution < -0.4 is 16.0 Å². The Balaban J connectivity index is 1.54. The summed E-state index contributed by atoms with van der Waals surface area (Å²) in [7, 11) is -1.36. The van der Waals surface area contributed by atoms with Crippen molar-refractivity contribution in [3.8, 4) is 0 Å². The van der Waals surface area contributed by atoms with Crippen molar-refractivity contribution < 1.29 is 18.7 Å². The van der Waals surface area contributed by atoms with Gasteiger partial charge in [0, 0.05) is 0 Å². The van der Waals surface area contributed by atoms with E-state index < -0.39 is 7.82 Å². The molecular weight excluding hydrogens is 296 g/mol. The average molecular weight is 313 g/mol. The second kappa shape index (κ2) is 4.66. The van der Waals surface area contributed by atoms with Gasteiger partial charge in [-0.25, -0.2) is 0 Å². The van der Waals surface area contributed by atoms with E-state index in [4.69, 9.17) is 19.5 Å². The van der Waals surface area contributed by atoms with Crippen LogP contribution in [0.25, 0.3) is 0 Å². The third-order valence-corrected chi connectivity index (χ3v) is 5.41. The van der Waals surface area contributed by atoms with Gasteiger partial charge in [-0.2, -0.15) is 0 Å². The topological polar surface area (TPSA) is 115 Å². The Labute approximate surface area is 122 Å². The van der Waals surface area contributed by atoms with Gasteiger partial charge in [-0.1, -0.05) is 0 Å². The summed E-state index contributed by atoms with van der Waals surface area (Å²) in [4.78, 5) is 20.2. The van der Waals surface area contributed by atoms with Gasteiger partial charge < -0.3 is 0 Å². The minimum atomic E-state index is -2.99. The van der Waals surface area contributed by atoms with Crippen molar-refractivity contribution in [2.75, 3.05) is 29.2 Å². The fourth-order valence-corrected chi connectivity index (χ4v) is 4.32. The molecule has 2 unspecified atom stereocenters. The summed E-state index contributed by atoms with van der Waals surface area (Å²) >= 11 is 0. The monoisotopic (exact) mass is 313 g/mol. The number of nitrogens with two attached hydrogens (primary N) is 1. The molecule has 0 amide bonds. The molecule has 2 fully saturated rings. The van der Waals surface area contributed by atoms with Gasteiger partial charge in [-0.15, -0.1) is 0 Å². The molecule has 3 aliphatic heterocycles. The van der Waals surface area contributed by atoms with Crippen molar-refractivity contribution in [2.24, 2.45) is 0 Å². The van der Waals surface area contributed by atoms with Gasteiger partial charge in [0.15, 0.2) is 0 Å². The van der Waals surface area contributed by atoms with Gasteiger partial charge in [0.25, 0.3) is 0 Å². The number of anilines is 3. The van der Waals surface area contributed by atoms with Crippen molar-refractivity contribution in [3.05, 3.63) is 6.33 Å². The summed E-state index contributed by atoms with van der Waals surface area (Å²) in [5.74, 6) is 1.16. The third kappa shape index (κ3) is 2.23. The maximum atomic E-state index is 9.94. The Kier molecular flexibility index (Phi) is 2.99. The molecule has 3 aliphatic rings. The molecule has 11 heteroatoms. The molecule has 1 aromatic rings. The summed E-state index contributed by atoms with van der Waals surface area (Å²) in [5.41, 5.74) is 6.56. The standard InChI is InChI=1S/C10H17BN5O4P/c11-21(17)18-2-6-5(20-21)1-7(19-6)16-4-15-8-9(12)13-3-14-10(8)16/h3,5-7,15,17,21H,1-2,4,11H2,(H2,12,13,14)/t5-,6?,7?/m0/s1. The first-order valence-corrected chi connectivity index (χ1v) is 9.10. The van der Waals surface area contributed by atoms with Crippen LogP contribution in [0.1, 0.15) is 6.42 Å². The van der Waals surface area contributed by atoms with E-state index >= 15 is 0 Å². The summed E-state index contributed by atoms with van der Waals surface area (Å²) in [5, 5.41) is 3.18. The SMILES string of the molecule is B[PH]1(O)OCC2OC(N3CNc4c(N)ncnc43)C[C@@H]2O1. The fraction of sp³-hybridized carbons (Fsp3) is 0.600. The van der Waals surface area contributed by atoms with Crippen LogP contribution in [-0.4, -0.2) is 54.1 Å². The number of aromatic nitrogens is 2. The van der Waals surface area contributed by atoms with Crippen molar-refractivity contribution >= 4 is 32.7 Å². The number of nitrogens with zero attached hydrogens (tertiary/aromatic N) is 3. The third-order valence-electron chi connectivity index (χ3n) is 3.97. The summed E-state index contributed by atoms with van der Waals surface area (Å²) < 4.78 is 17.0. The van der Waals surface area contributed by atoms with Crippen LogP contribution >= 0.6 is 7.82 Å². The molecule has 0 aliphatic carbocycles. The predicted molar refractivity (Wildman–Crippen MR) is 80.6 cm³/mol. The second-order valence-corrected chi connectivity index (χ2v) is 7.81. The van der Waals surface area contributed by atoms with E-state index in [0.29, 0.717) is 25.5 Å². The first-order chi connectivity index (χ1) is 10.0. The van der Waals surface area contributed by atoms with Gasteiger partial charge in [-0.3, -0.25) is 0 Å². The van der Waals surface area contributed by atoms with Gasteiger partial charge in [-0.05, 0) is 0 Å². The molecule has 0 spiro atoms. The zero-order valence-corrected chi connectivity index (χ0v) is 12.5. The average Bonchev–Trinajstić information content (AvgIpc) is 3.01. The predicted octanol–water partition coefficient (Wildman–Crippen LogP) is -1.19. The van der Waals surface area contributed by atoms with Gasteiger partial charge in [0.1, 0.15) is 0 Å². The molecule has 4 rings (SSSR count). The Hall–Kier alpha value is -1.19. The van der Waals surface area contributed by atoms with Gasteiger partial charge in [0.2, 0.25) is 0 Å². The Morgan fingerprint density at radius 2 is 2.33 bits per heavy atom. The van der Waals surface area contributed by atoms with E-state index in [2.05, 4.69) is 15.3 Å². The Morgan fingerprint density at radius 3 is 3.19 bits per heavy atom. The number of nitrogens with one attached hydrogen (secondary N) is 1. The minimum absolute atomic E-state index is 0.145. The van der Waals surface area contributed by atoms with Crippen molar-refractivity contribution in [2.45, 2.75) is 24.9 Å². The second-order valence-electron chi connectivity index (χ2n) is 5.49. The number of rotatable bonds is 1. The molecular formula is C10H17BN5O4P. The summed E-state index contributed by atoms with van der Waals surface area (Å²) in [6.07, 6.45) is 1.60. The zero-order chi connectivity index (χ0) is 14.6. The van der Waals surface area contributed by atoms with Crippen LogP contribution in [0.5, 0.6) is 0 Å². The molecule has 1 aromatic heterocycles. The number of nitrogen functional groups attached to an aromatic ring is 1. The van der Waals surface area contributed by atoms with E-state index in [9.17, 15) is 4.89 Å². The van der Waals surface area contributed by atoms with Crippen molar-refractivity contribution in [1.29, 1.82) is 0 Å². The molecule has 0 aromatic carbocycles. The first kappa shape index (κ1) is 13.5. The molecule has 4 N–H and O–H groups in total. The van der Waals surface area contributed by atoms with Gasteiger partial charge in [0.05, 0.1) is 0 Å². The van der Waals surface area contributed by atoms with Crippen LogP contribution in [0.15, 0.2) is 6.33 Å². The van der Waals surface area contributed by atoms with Crippen molar-refractivity contribution in [3.63, 3.8) is 0 Å². The van der Waals surface area contributed by atoms with Crippen LogP contribution in [-0.2, 0) is 13.8 Å². The maximum absolute atomic E-state index is 9.94. The quantitative estimate of drug-likeness (QED) is 0.435. The summed E-state index contributed by atoms with van der Waals surface area (Å²) in [6, 6.07) is 0. The number of hydrogen-bond acceptors (Lipinski definition) is 9. The number of fused-ring (bicyclic) bond motifs is 2. The number of ether oxygens (including phenoxy) is 1. The molecule has 4 heterocycles. The van der Waals surface area contributed by atoms with E-state index in [-0.39, 0.29) is 18.4 Å². The zero-order valence-electron chi connectivity index (χ0n) is 11.5. The van der Waals surface area contributed by atoms with E-state index in [1.54, 1.807) is 7.57 Å². The van der Waals surface area contributed by atoms with Crippen LogP contribution in [0.3, 0.4) is 0 Å². The van der Waals surface area contributed by atoms with E-state index in [1.165, 1.54) is 6.33 Å². The molecule has 3 atom stereocenters. The molecule has 0 saturated carbocycles. The molecule has 9 nitrogen and oxygen atoms in total. The Morgan fingerprint density at radius 1 is 1.48 bits per heavy atom. The molecule has 114 valence electrons. The molecule has 0 radical (unpaired) electrons. The Bertz CT molecular complexity index is 578. The van der Waals surface area contributed by atoms with Crippen LogP contribution in [0.2, 0.25) is 0 Å². The van der Waals surface area contributed by atoms with E-state index in [1.807, 2.05) is 4.90 Å². The van der Waals surface area contributed by atoms with E-state index in [0.717, 1.165) is 11.5 Å². The molecule has 2 saturated heterocycles. The molecule has 21 heavy (non-hydrogen) atoms. The summed E-state index contributed by atoms with van der Waals surface area (Å²) in [6.45, 7) is 0.914. The number of hydrogen-bond donors (Lipinski definition) is 3. The molecule has 0 bridgehead atoms. The fourth-order valence-electron chi connectivity index (χ4n) is 2.97. The van der Waals surface area contributed by atoms with Crippen LogP contribution in [0.4, 0.5) is 17.3 Å². The first-order valence-electron chi connectivity index (χ1n) is 6.84. The van der Waals surface area contributed by atoms with Gasteiger partial charge >= 0.3 is 122 Å². The van der Waals surface area contributed by atoms with Crippen molar-refractivity contribution in [1.82, 2.24) is 9.97 Å².